The van der Waals surface area contributed by atoms with Crippen LogP contribution in [0.5, 0.6) is 0 Å². The van der Waals surface area contributed by atoms with Crippen molar-refractivity contribution in [3.05, 3.63) is 31.2 Å². The second kappa shape index (κ2) is 15.5. The summed E-state index contributed by atoms with van der Waals surface area (Å²) in [6.45, 7) is 6.04. The molecule has 17 heavy (non-hydrogen) atoms. The Kier molecular flexibility index (Phi) is 15.0. The van der Waals surface area contributed by atoms with E-state index in [9.17, 15) is 0 Å². The summed E-state index contributed by atoms with van der Waals surface area (Å²) in [4.78, 5) is 0. The second-order valence-electron chi connectivity index (χ2n) is 4.74. The molecule has 0 saturated heterocycles. The fourth-order valence-corrected chi connectivity index (χ4v) is 1.89. The van der Waals surface area contributed by atoms with Crippen LogP contribution in [0.25, 0.3) is 0 Å². The zero-order valence-corrected chi connectivity index (χ0v) is 11.8. The van der Waals surface area contributed by atoms with Crippen LogP contribution in [0.15, 0.2) is 24.3 Å². The molecule has 0 nitrogen and oxygen atoms in total. The van der Waals surface area contributed by atoms with Crippen molar-refractivity contribution in [3.63, 3.8) is 0 Å². The van der Waals surface area contributed by atoms with E-state index in [-0.39, 0.29) is 0 Å². The lowest BCUT2D eigenvalue weighted by molar-refractivity contribution is 0.571. The summed E-state index contributed by atoms with van der Waals surface area (Å²) in [6, 6.07) is 0. The highest BCUT2D eigenvalue weighted by Crippen LogP contribution is 2.10. The summed E-state index contributed by atoms with van der Waals surface area (Å²) < 4.78 is 0. The molecule has 0 saturated carbocycles. The molecule has 0 aromatic heterocycles. The standard InChI is InChI=1S/C17H31/c1-3-5-7-9-11-13-15-17-16-14-12-10-8-6-4-2/h6,8,10,12H,1,3-5,7,9,11,13-17H2,2H3/b8-6+,12-10+. The van der Waals surface area contributed by atoms with Crippen LogP contribution in [-0.4, -0.2) is 0 Å². The molecule has 0 heteroatoms. The maximum atomic E-state index is 3.87. The van der Waals surface area contributed by atoms with E-state index in [0.29, 0.717) is 0 Å². The Bertz CT molecular complexity index is 176. The van der Waals surface area contributed by atoms with Gasteiger partial charge in [-0.3, -0.25) is 0 Å². The molecule has 0 rings (SSSR count). The zero-order chi connectivity index (χ0) is 12.6. The van der Waals surface area contributed by atoms with E-state index in [2.05, 4.69) is 38.2 Å². The SMILES string of the molecule is [CH2]CCCCCCCCCC/C=C/C=C/CC. The minimum Gasteiger partial charge on any atom is -0.0848 e. The van der Waals surface area contributed by atoms with Crippen LogP contribution >= 0.6 is 0 Å². The van der Waals surface area contributed by atoms with Crippen molar-refractivity contribution < 1.29 is 0 Å². The van der Waals surface area contributed by atoms with E-state index >= 15 is 0 Å². The van der Waals surface area contributed by atoms with Gasteiger partial charge in [0.2, 0.25) is 0 Å². The van der Waals surface area contributed by atoms with Crippen LogP contribution in [0, 0.1) is 6.92 Å². The maximum Gasteiger partial charge on any atom is -0.0348 e. The van der Waals surface area contributed by atoms with Gasteiger partial charge in [0, 0.05) is 0 Å². The average Bonchev–Trinajstić information content (AvgIpc) is 2.35. The predicted octanol–water partition coefficient (Wildman–Crippen LogP) is 6.24. The smallest absolute Gasteiger partial charge is 0.0348 e. The molecule has 0 heterocycles. The lowest BCUT2D eigenvalue weighted by Gasteiger charge is -2.00. The number of unbranched alkanes of at least 4 members (excludes halogenated alkanes) is 9. The summed E-state index contributed by atoms with van der Waals surface area (Å²) in [6.07, 6.45) is 23.5. The second-order valence-corrected chi connectivity index (χ2v) is 4.74. The van der Waals surface area contributed by atoms with Crippen molar-refractivity contribution in [2.45, 2.75) is 77.6 Å². The van der Waals surface area contributed by atoms with Gasteiger partial charge < -0.3 is 0 Å². The van der Waals surface area contributed by atoms with E-state index in [1.807, 2.05) is 0 Å². The van der Waals surface area contributed by atoms with Gasteiger partial charge in [0.15, 0.2) is 0 Å². The molecule has 0 atom stereocenters. The lowest BCUT2D eigenvalue weighted by Crippen LogP contribution is -1.80. The number of hydrogen-bond acceptors (Lipinski definition) is 0. The minimum atomic E-state index is 1.11. The van der Waals surface area contributed by atoms with E-state index in [0.717, 1.165) is 12.8 Å². The third-order valence-corrected chi connectivity index (χ3v) is 2.99. The van der Waals surface area contributed by atoms with Crippen molar-refractivity contribution in [1.82, 2.24) is 0 Å². The first-order valence-electron chi connectivity index (χ1n) is 7.52. The Morgan fingerprint density at radius 1 is 0.706 bits per heavy atom. The molecule has 0 aromatic rings. The molecule has 0 bridgehead atoms. The fourth-order valence-electron chi connectivity index (χ4n) is 1.89. The number of rotatable bonds is 12. The molecule has 0 fully saturated rings. The normalized spacial score (nSPS) is 11.9. The third kappa shape index (κ3) is 15.5. The Labute approximate surface area is 109 Å². The summed E-state index contributed by atoms with van der Waals surface area (Å²) in [5.41, 5.74) is 0. The van der Waals surface area contributed by atoms with Crippen molar-refractivity contribution in [1.29, 1.82) is 0 Å². The number of allylic oxidation sites excluding steroid dienone is 4. The average molecular weight is 235 g/mol. The van der Waals surface area contributed by atoms with E-state index in [1.165, 1.54) is 57.8 Å². The summed E-state index contributed by atoms with van der Waals surface area (Å²) in [5, 5.41) is 0. The summed E-state index contributed by atoms with van der Waals surface area (Å²) in [5.74, 6) is 0. The molecular weight excluding hydrogens is 204 g/mol. The molecule has 0 spiro atoms. The van der Waals surface area contributed by atoms with Gasteiger partial charge in [0.25, 0.3) is 0 Å². The van der Waals surface area contributed by atoms with Crippen LogP contribution < -0.4 is 0 Å². The minimum absolute atomic E-state index is 1.11. The summed E-state index contributed by atoms with van der Waals surface area (Å²) >= 11 is 0. The molecule has 0 amide bonds. The topological polar surface area (TPSA) is 0 Å². The quantitative estimate of drug-likeness (QED) is 0.277. The van der Waals surface area contributed by atoms with Gasteiger partial charge in [-0.05, 0) is 19.3 Å². The van der Waals surface area contributed by atoms with Gasteiger partial charge in [-0.2, -0.15) is 0 Å². The monoisotopic (exact) mass is 235 g/mol. The first kappa shape index (κ1) is 16.5. The van der Waals surface area contributed by atoms with Gasteiger partial charge in [-0.15, -0.1) is 0 Å². The molecule has 0 aromatic carbocycles. The molecule has 99 valence electrons. The first-order chi connectivity index (χ1) is 8.41. The maximum absolute atomic E-state index is 3.87. The Balaban J connectivity index is 3.03. The first-order valence-corrected chi connectivity index (χ1v) is 7.52. The van der Waals surface area contributed by atoms with Gasteiger partial charge in [0.1, 0.15) is 0 Å². The fraction of sp³-hybridized carbons (Fsp3) is 0.706. The lowest BCUT2D eigenvalue weighted by atomic mass is 10.1. The molecule has 0 unspecified atom stereocenters. The Hall–Kier alpha value is -0.520. The van der Waals surface area contributed by atoms with Gasteiger partial charge in [-0.25, -0.2) is 0 Å². The van der Waals surface area contributed by atoms with Crippen LogP contribution in [0.4, 0.5) is 0 Å². The molecule has 1 radical (unpaired) electrons. The van der Waals surface area contributed by atoms with Crippen molar-refractivity contribution in [3.8, 4) is 0 Å². The highest BCUT2D eigenvalue weighted by atomic mass is 14.0. The molecule has 0 aliphatic rings. The van der Waals surface area contributed by atoms with E-state index < -0.39 is 0 Å². The van der Waals surface area contributed by atoms with Crippen molar-refractivity contribution in [2.75, 3.05) is 0 Å². The van der Waals surface area contributed by atoms with Crippen molar-refractivity contribution in [2.24, 2.45) is 0 Å². The van der Waals surface area contributed by atoms with Crippen LogP contribution in [-0.2, 0) is 0 Å². The Morgan fingerprint density at radius 3 is 1.82 bits per heavy atom. The predicted molar refractivity (Wildman–Crippen MR) is 80.1 cm³/mol. The van der Waals surface area contributed by atoms with E-state index in [1.54, 1.807) is 0 Å². The van der Waals surface area contributed by atoms with Crippen LogP contribution in [0.2, 0.25) is 0 Å². The van der Waals surface area contributed by atoms with Crippen LogP contribution in [0.3, 0.4) is 0 Å². The highest BCUT2D eigenvalue weighted by molar-refractivity contribution is 5.01. The third-order valence-electron chi connectivity index (χ3n) is 2.99. The van der Waals surface area contributed by atoms with Gasteiger partial charge >= 0.3 is 0 Å². The molecule has 0 aliphatic carbocycles. The molecule has 0 N–H and O–H groups in total. The number of hydrogen-bond donors (Lipinski definition) is 0. The highest BCUT2D eigenvalue weighted by Gasteiger charge is 1.90. The van der Waals surface area contributed by atoms with E-state index in [4.69, 9.17) is 0 Å². The van der Waals surface area contributed by atoms with Gasteiger partial charge in [0.05, 0.1) is 0 Å². The summed E-state index contributed by atoms with van der Waals surface area (Å²) in [7, 11) is 0. The zero-order valence-electron chi connectivity index (χ0n) is 11.8. The largest absolute Gasteiger partial charge is 0.0848 e. The molecular formula is C17H31. The van der Waals surface area contributed by atoms with Crippen LogP contribution in [0.1, 0.15) is 77.6 Å². The molecule has 0 aliphatic heterocycles. The Morgan fingerprint density at radius 2 is 1.24 bits per heavy atom. The van der Waals surface area contributed by atoms with Gasteiger partial charge in [-0.1, -0.05) is 89.5 Å². The van der Waals surface area contributed by atoms with Crippen molar-refractivity contribution >= 4 is 0 Å².